The molecule has 8 nitrogen and oxygen atoms in total. The number of urea groups is 1. The van der Waals surface area contributed by atoms with Crippen molar-refractivity contribution in [3.8, 4) is 29.6 Å². The number of halogens is 2. The van der Waals surface area contributed by atoms with Gasteiger partial charge in [0, 0.05) is 10.6 Å². The molecule has 0 bridgehead atoms. The van der Waals surface area contributed by atoms with Crippen LogP contribution in [-0.2, 0) is 16.2 Å². The number of hydrogen-bond donors (Lipinski definition) is 1. The van der Waals surface area contributed by atoms with Crippen LogP contribution in [0.3, 0.4) is 0 Å². The van der Waals surface area contributed by atoms with Crippen LogP contribution in [0.25, 0.3) is 6.08 Å². The fourth-order valence-corrected chi connectivity index (χ4v) is 4.57. The first-order valence-corrected chi connectivity index (χ1v) is 12.6. The van der Waals surface area contributed by atoms with Gasteiger partial charge in [-0.25, -0.2) is 9.69 Å². The first-order valence-electron chi connectivity index (χ1n) is 11.1. The lowest BCUT2D eigenvalue weighted by atomic mass is 10.1. The molecule has 1 aliphatic heterocycles. The van der Waals surface area contributed by atoms with Crippen LogP contribution in [0, 0.1) is 15.9 Å². The summed E-state index contributed by atoms with van der Waals surface area (Å²) in [4.78, 5) is 39.3. The van der Waals surface area contributed by atoms with E-state index in [1.807, 2.05) is 40.8 Å². The van der Waals surface area contributed by atoms with E-state index in [9.17, 15) is 14.4 Å². The normalized spacial score (nSPS) is 14.2. The Morgan fingerprint density at radius 1 is 1.08 bits per heavy atom. The number of barbiturate groups is 1. The van der Waals surface area contributed by atoms with Gasteiger partial charge in [-0.1, -0.05) is 35.7 Å². The maximum absolute atomic E-state index is 13.3. The molecule has 1 saturated heterocycles. The molecule has 38 heavy (non-hydrogen) atoms. The SMILES string of the molecule is C#CCOc1c(I)cc(/C=C2\C(=O)NC(=O)N(c3ccc(OCc4ccccc4Cl)cc3)C2=O)cc1OC. The molecule has 0 aromatic heterocycles. The van der Waals surface area contributed by atoms with Crippen molar-refractivity contribution in [2.45, 2.75) is 6.61 Å². The molecule has 0 atom stereocenters. The first kappa shape index (κ1) is 27.0. The number of carbonyl (C=O) groups is 3. The van der Waals surface area contributed by atoms with Crippen molar-refractivity contribution in [1.82, 2.24) is 5.32 Å². The van der Waals surface area contributed by atoms with Crippen molar-refractivity contribution < 1.29 is 28.6 Å². The molecule has 192 valence electrons. The van der Waals surface area contributed by atoms with Gasteiger partial charge in [0.2, 0.25) is 0 Å². The predicted molar refractivity (Wildman–Crippen MR) is 151 cm³/mol. The highest BCUT2D eigenvalue weighted by atomic mass is 127. The van der Waals surface area contributed by atoms with Crippen molar-refractivity contribution in [3.63, 3.8) is 0 Å². The smallest absolute Gasteiger partial charge is 0.335 e. The van der Waals surface area contributed by atoms with Gasteiger partial charge >= 0.3 is 6.03 Å². The third-order valence-corrected chi connectivity index (χ3v) is 6.58. The molecule has 0 spiro atoms. The molecule has 0 radical (unpaired) electrons. The Hall–Kier alpha value is -4.01. The van der Waals surface area contributed by atoms with Crippen LogP contribution in [0.2, 0.25) is 5.02 Å². The van der Waals surface area contributed by atoms with Gasteiger partial charge in [0.25, 0.3) is 11.8 Å². The van der Waals surface area contributed by atoms with Crippen LogP contribution in [0.1, 0.15) is 11.1 Å². The average molecular weight is 643 g/mol. The van der Waals surface area contributed by atoms with Crippen molar-refractivity contribution in [2.24, 2.45) is 0 Å². The minimum absolute atomic E-state index is 0.0502. The number of rotatable bonds is 8. The Bertz CT molecular complexity index is 1480. The van der Waals surface area contributed by atoms with Crippen molar-refractivity contribution in [3.05, 3.63) is 86.0 Å². The molecule has 3 aromatic rings. The number of terminal acetylenes is 1. The minimum Gasteiger partial charge on any atom is -0.493 e. The molecule has 1 N–H and O–H groups in total. The summed E-state index contributed by atoms with van der Waals surface area (Å²) in [7, 11) is 1.46. The zero-order valence-corrected chi connectivity index (χ0v) is 22.9. The summed E-state index contributed by atoms with van der Waals surface area (Å²) < 4.78 is 17.3. The van der Waals surface area contributed by atoms with Crippen LogP contribution in [0.5, 0.6) is 17.2 Å². The Morgan fingerprint density at radius 2 is 1.82 bits per heavy atom. The summed E-state index contributed by atoms with van der Waals surface area (Å²) in [5.41, 5.74) is 1.36. The van der Waals surface area contributed by atoms with Crippen molar-refractivity contribution in [2.75, 3.05) is 18.6 Å². The first-order chi connectivity index (χ1) is 18.3. The van der Waals surface area contributed by atoms with E-state index in [0.717, 1.165) is 10.5 Å². The molecule has 3 aromatic carbocycles. The Labute approximate surface area is 237 Å². The summed E-state index contributed by atoms with van der Waals surface area (Å²) in [6.45, 7) is 0.299. The monoisotopic (exact) mass is 642 g/mol. The number of methoxy groups -OCH3 is 1. The third-order valence-electron chi connectivity index (χ3n) is 5.41. The van der Waals surface area contributed by atoms with Gasteiger partial charge in [0.05, 0.1) is 16.4 Å². The number of nitrogens with one attached hydrogen (secondary N) is 1. The second kappa shape index (κ2) is 12.0. The molecule has 1 heterocycles. The fourth-order valence-electron chi connectivity index (χ4n) is 3.60. The van der Waals surface area contributed by atoms with Crippen LogP contribution in [-0.4, -0.2) is 31.6 Å². The second-order valence-corrected chi connectivity index (χ2v) is 9.43. The van der Waals surface area contributed by atoms with Gasteiger partial charge in [-0.2, -0.15) is 0 Å². The maximum atomic E-state index is 13.3. The second-order valence-electron chi connectivity index (χ2n) is 7.86. The van der Waals surface area contributed by atoms with Crippen LogP contribution in [0.15, 0.2) is 66.2 Å². The molecule has 0 aliphatic carbocycles. The summed E-state index contributed by atoms with van der Waals surface area (Å²) in [6.07, 6.45) is 6.66. The van der Waals surface area contributed by atoms with Crippen molar-refractivity contribution in [1.29, 1.82) is 0 Å². The average Bonchev–Trinajstić information content (AvgIpc) is 2.90. The van der Waals surface area contributed by atoms with Crippen molar-refractivity contribution >= 4 is 63.8 Å². The van der Waals surface area contributed by atoms with Crippen LogP contribution >= 0.6 is 34.2 Å². The van der Waals surface area contributed by atoms with E-state index in [2.05, 4.69) is 11.2 Å². The number of amides is 4. The molecular formula is C28H20ClIN2O6. The maximum Gasteiger partial charge on any atom is 0.335 e. The van der Waals surface area contributed by atoms with Gasteiger partial charge < -0.3 is 14.2 Å². The fraction of sp³-hybridized carbons (Fsp3) is 0.107. The lowest BCUT2D eigenvalue weighted by Gasteiger charge is -2.26. The molecule has 0 unspecified atom stereocenters. The lowest BCUT2D eigenvalue weighted by Crippen LogP contribution is -2.54. The number of carbonyl (C=O) groups excluding carboxylic acids is 3. The molecule has 10 heteroatoms. The highest BCUT2D eigenvalue weighted by Gasteiger charge is 2.37. The lowest BCUT2D eigenvalue weighted by molar-refractivity contribution is -0.122. The molecular weight excluding hydrogens is 623 g/mol. The Balaban J connectivity index is 1.57. The molecule has 4 amide bonds. The van der Waals surface area contributed by atoms with Crippen LogP contribution < -0.4 is 24.4 Å². The van der Waals surface area contributed by atoms with Gasteiger partial charge in [-0.05, 0) is 76.7 Å². The quantitative estimate of drug-likeness (QED) is 0.157. The minimum atomic E-state index is -0.855. The molecule has 1 aliphatic rings. The summed E-state index contributed by atoms with van der Waals surface area (Å²) in [5, 5.41) is 2.80. The third kappa shape index (κ3) is 5.93. The van der Waals surface area contributed by atoms with Gasteiger partial charge in [-0.15, -0.1) is 6.42 Å². The summed E-state index contributed by atoms with van der Waals surface area (Å²) in [5.74, 6) is 2.15. The summed E-state index contributed by atoms with van der Waals surface area (Å²) in [6, 6.07) is 16.1. The standard InChI is InChI=1S/C28H20ClIN2O6/c1-3-12-37-25-23(30)14-17(15-24(25)36-2)13-21-26(33)31-28(35)32(27(21)34)19-8-10-20(11-9-19)38-16-18-6-4-5-7-22(18)29/h1,4-11,13-15H,12,16H2,2H3,(H,31,33,35)/b21-13+. The van der Waals surface area contributed by atoms with Crippen LogP contribution in [0.4, 0.5) is 10.5 Å². The van der Waals surface area contributed by atoms with E-state index in [4.69, 9.17) is 32.2 Å². The number of imide groups is 2. The van der Waals surface area contributed by atoms with Gasteiger partial charge in [0.1, 0.15) is 24.5 Å². The predicted octanol–water partition coefficient (Wildman–Crippen LogP) is 5.21. The molecule has 4 rings (SSSR count). The zero-order valence-electron chi connectivity index (χ0n) is 20.0. The van der Waals surface area contributed by atoms with Gasteiger partial charge in [0.15, 0.2) is 11.5 Å². The highest BCUT2D eigenvalue weighted by molar-refractivity contribution is 14.1. The Kier molecular flexibility index (Phi) is 8.55. The van der Waals surface area contributed by atoms with E-state index < -0.39 is 17.8 Å². The topological polar surface area (TPSA) is 94.2 Å². The van der Waals surface area contributed by atoms with E-state index >= 15 is 0 Å². The Morgan fingerprint density at radius 3 is 2.50 bits per heavy atom. The summed E-state index contributed by atoms with van der Waals surface area (Å²) >= 11 is 8.20. The van der Waals surface area contributed by atoms with E-state index in [1.54, 1.807) is 42.5 Å². The van der Waals surface area contributed by atoms with E-state index in [0.29, 0.717) is 31.4 Å². The number of ether oxygens (including phenoxy) is 3. The number of benzene rings is 3. The van der Waals surface area contributed by atoms with E-state index in [-0.39, 0.29) is 24.5 Å². The number of anilines is 1. The zero-order chi connectivity index (χ0) is 27.2. The van der Waals surface area contributed by atoms with Gasteiger partial charge in [-0.3, -0.25) is 14.9 Å². The number of nitrogens with zero attached hydrogens (tertiary/aromatic N) is 1. The highest BCUT2D eigenvalue weighted by Crippen LogP contribution is 2.35. The largest absolute Gasteiger partial charge is 0.493 e. The van der Waals surface area contributed by atoms with E-state index in [1.165, 1.54) is 13.2 Å². The number of hydrogen-bond acceptors (Lipinski definition) is 6. The molecule has 1 fully saturated rings. The molecule has 0 saturated carbocycles.